The number of fused-ring (bicyclic) bond motifs is 3. The molecule has 1 atom stereocenters. The van der Waals surface area contributed by atoms with Crippen LogP contribution in [0, 0.1) is 5.82 Å². The van der Waals surface area contributed by atoms with Crippen molar-refractivity contribution in [2.45, 2.75) is 50.7 Å². The number of hydrogen-bond donors (Lipinski definition) is 1. The van der Waals surface area contributed by atoms with Crippen LogP contribution in [0.15, 0.2) is 60.0 Å². The van der Waals surface area contributed by atoms with Crippen LogP contribution in [0.3, 0.4) is 0 Å². The Kier molecular flexibility index (Phi) is 5.33. The van der Waals surface area contributed by atoms with Crippen LogP contribution in [-0.4, -0.2) is 22.8 Å². The number of nitrogens with zero attached hydrogens (tertiary/aromatic N) is 1. The molecule has 1 aliphatic heterocycles. The molecular weight excluding hydrogens is 423 g/mol. The molecule has 2 heterocycles. The molecule has 1 aromatic heterocycles. The van der Waals surface area contributed by atoms with Gasteiger partial charge in [-0.05, 0) is 60.0 Å². The first-order valence-corrected chi connectivity index (χ1v) is 11.9. The second kappa shape index (κ2) is 8.17. The lowest BCUT2D eigenvalue weighted by atomic mass is 9.85. The summed E-state index contributed by atoms with van der Waals surface area (Å²) in [6.45, 7) is 2.01. The third-order valence-corrected chi connectivity index (χ3v) is 7.70. The van der Waals surface area contributed by atoms with E-state index < -0.39 is 11.4 Å². The highest BCUT2D eigenvalue weighted by atomic mass is 32.1. The Labute approximate surface area is 191 Å². The van der Waals surface area contributed by atoms with E-state index in [2.05, 4.69) is 5.32 Å². The third-order valence-electron chi connectivity index (χ3n) is 6.75. The maximum atomic E-state index is 14.6. The van der Waals surface area contributed by atoms with Crippen LogP contribution in [0.5, 0.6) is 0 Å². The fourth-order valence-corrected chi connectivity index (χ4v) is 5.86. The van der Waals surface area contributed by atoms with Gasteiger partial charge in [-0.2, -0.15) is 0 Å². The van der Waals surface area contributed by atoms with E-state index in [4.69, 9.17) is 0 Å². The average Bonchev–Trinajstić information content (AvgIpc) is 3.48. The predicted molar refractivity (Wildman–Crippen MR) is 124 cm³/mol. The molecule has 32 heavy (non-hydrogen) atoms. The molecule has 0 saturated heterocycles. The smallest absolute Gasteiger partial charge is 0.256 e. The van der Waals surface area contributed by atoms with Crippen LogP contribution in [0.1, 0.15) is 54.1 Å². The Morgan fingerprint density at radius 3 is 2.62 bits per heavy atom. The van der Waals surface area contributed by atoms with Gasteiger partial charge in [0.05, 0.1) is 5.56 Å². The number of amides is 2. The molecule has 164 valence electrons. The minimum Gasteiger partial charge on any atom is -0.351 e. The van der Waals surface area contributed by atoms with Crippen LogP contribution < -0.4 is 5.32 Å². The predicted octanol–water partition coefficient (Wildman–Crippen LogP) is 5.48. The molecule has 0 radical (unpaired) electrons. The molecule has 2 aromatic carbocycles. The standard InChI is InChI=1S/C26H25FN2O2S/c1-26(25(31)28-19-9-5-6-10-19)22-15-18(27)11-12-20(22)23-21(13-14-32-23)24(30)29(26)16-17-7-3-2-4-8-17/h2-4,7-8,11-15,19H,5-6,9-10,16H2,1H3,(H,28,31). The Bertz CT molecular complexity index is 1170. The molecule has 1 fully saturated rings. The third kappa shape index (κ3) is 3.43. The van der Waals surface area contributed by atoms with Crippen LogP contribution >= 0.6 is 11.3 Å². The van der Waals surface area contributed by atoms with E-state index in [1.807, 2.05) is 35.7 Å². The Hall–Kier alpha value is -2.99. The van der Waals surface area contributed by atoms with E-state index in [1.54, 1.807) is 24.0 Å². The first-order valence-electron chi connectivity index (χ1n) is 11.0. The Morgan fingerprint density at radius 1 is 1.12 bits per heavy atom. The number of carbonyl (C=O) groups excluding carboxylic acids is 2. The SMILES string of the molecule is CC1(C(=O)NC2CCCC2)c2cc(F)ccc2-c2sccc2C(=O)N1Cc1ccccc1. The molecule has 3 aromatic rings. The van der Waals surface area contributed by atoms with E-state index in [0.29, 0.717) is 11.1 Å². The zero-order chi connectivity index (χ0) is 22.3. The van der Waals surface area contributed by atoms with Crippen molar-refractivity contribution < 1.29 is 14.0 Å². The van der Waals surface area contributed by atoms with Gasteiger partial charge in [0.1, 0.15) is 11.4 Å². The molecule has 1 saturated carbocycles. The summed E-state index contributed by atoms with van der Waals surface area (Å²) in [6.07, 6.45) is 4.02. The molecule has 4 nitrogen and oxygen atoms in total. The lowest BCUT2D eigenvalue weighted by molar-refractivity contribution is -0.133. The van der Waals surface area contributed by atoms with Gasteiger partial charge in [-0.25, -0.2) is 4.39 Å². The maximum Gasteiger partial charge on any atom is 0.256 e. The molecule has 0 spiro atoms. The van der Waals surface area contributed by atoms with Gasteiger partial charge in [0.15, 0.2) is 0 Å². The summed E-state index contributed by atoms with van der Waals surface area (Å²) in [5.74, 6) is -0.891. The summed E-state index contributed by atoms with van der Waals surface area (Å²) < 4.78 is 14.6. The van der Waals surface area contributed by atoms with Crippen molar-refractivity contribution in [3.8, 4) is 10.4 Å². The van der Waals surface area contributed by atoms with E-state index in [1.165, 1.54) is 23.5 Å². The monoisotopic (exact) mass is 448 g/mol. The molecule has 2 amide bonds. The van der Waals surface area contributed by atoms with Crippen molar-refractivity contribution in [1.82, 2.24) is 10.2 Å². The van der Waals surface area contributed by atoms with Gasteiger partial charge < -0.3 is 10.2 Å². The topological polar surface area (TPSA) is 49.4 Å². The summed E-state index contributed by atoms with van der Waals surface area (Å²) in [7, 11) is 0. The fourth-order valence-electron chi connectivity index (χ4n) is 4.93. The molecule has 0 bridgehead atoms. The molecule has 1 aliphatic carbocycles. The van der Waals surface area contributed by atoms with Crippen molar-refractivity contribution >= 4 is 23.2 Å². The second-order valence-electron chi connectivity index (χ2n) is 8.76. The number of nitrogens with one attached hydrogen (secondary N) is 1. The van der Waals surface area contributed by atoms with Gasteiger partial charge in [-0.1, -0.05) is 49.2 Å². The van der Waals surface area contributed by atoms with Crippen LogP contribution in [0.4, 0.5) is 4.39 Å². The quantitative estimate of drug-likeness (QED) is 0.574. The van der Waals surface area contributed by atoms with Gasteiger partial charge in [0.2, 0.25) is 0 Å². The highest BCUT2D eigenvalue weighted by Gasteiger charge is 2.49. The average molecular weight is 449 g/mol. The number of carbonyl (C=O) groups is 2. The summed E-state index contributed by atoms with van der Waals surface area (Å²) in [6, 6.07) is 16.0. The Morgan fingerprint density at radius 2 is 1.88 bits per heavy atom. The van der Waals surface area contributed by atoms with Crippen molar-refractivity contribution in [1.29, 1.82) is 0 Å². The molecular formula is C26H25FN2O2S. The number of benzene rings is 2. The largest absolute Gasteiger partial charge is 0.351 e. The molecule has 1 N–H and O–H groups in total. The van der Waals surface area contributed by atoms with Gasteiger partial charge in [0, 0.05) is 17.5 Å². The van der Waals surface area contributed by atoms with Crippen molar-refractivity contribution in [3.05, 3.63) is 82.5 Å². The highest BCUT2D eigenvalue weighted by molar-refractivity contribution is 7.14. The van der Waals surface area contributed by atoms with Gasteiger partial charge in [-0.3, -0.25) is 9.59 Å². The number of halogens is 1. The van der Waals surface area contributed by atoms with E-state index >= 15 is 0 Å². The first kappa shape index (κ1) is 20.9. The number of thiophene rings is 1. The first-order chi connectivity index (χ1) is 15.5. The minimum atomic E-state index is -1.36. The summed E-state index contributed by atoms with van der Waals surface area (Å²) >= 11 is 1.44. The van der Waals surface area contributed by atoms with Gasteiger partial charge in [0.25, 0.3) is 11.8 Å². The maximum absolute atomic E-state index is 14.6. The van der Waals surface area contributed by atoms with Crippen molar-refractivity contribution in [2.75, 3.05) is 0 Å². The molecule has 2 aliphatic rings. The van der Waals surface area contributed by atoms with Crippen molar-refractivity contribution in [2.24, 2.45) is 0 Å². The second-order valence-corrected chi connectivity index (χ2v) is 9.67. The van der Waals surface area contributed by atoms with Crippen LogP contribution in [0.25, 0.3) is 10.4 Å². The van der Waals surface area contributed by atoms with Crippen molar-refractivity contribution in [3.63, 3.8) is 0 Å². The van der Waals surface area contributed by atoms with E-state index in [0.717, 1.165) is 41.7 Å². The van der Waals surface area contributed by atoms with Crippen LogP contribution in [0.2, 0.25) is 0 Å². The lowest BCUT2D eigenvalue weighted by Gasteiger charge is -2.40. The van der Waals surface area contributed by atoms with E-state index in [-0.39, 0.29) is 24.4 Å². The summed E-state index contributed by atoms with van der Waals surface area (Å²) in [5, 5.41) is 5.05. The normalized spacial score (nSPS) is 20.6. The fraction of sp³-hybridized carbons (Fsp3) is 0.308. The van der Waals surface area contributed by atoms with Crippen LogP contribution in [-0.2, 0) is 16.9 Å². The molecule has 1 unspecified atom stereocenters. The summed E-state index contributed by atoms with van der Waals surface area (Å²) in [4.78, 5) is 30.2. The molecule has 5 rings (SSSR count). The minimum absolute atomic E-state index is 0.0855. The Balaban J connectivity index is 1.70. The van der Waals surface area contributed by atoms with E-state index in [9.17, 15) is 14.0 Å². The zero-order valence-electron chi connectivity index (χ0n) is 17.9. The van der Waals surface area contributed by atoms with Gasteiger partial charge >= 0.3 is 0 Å². The number of rotatable bonds is 4. The zero-order valence-corrected chi connectivity index (χ0v) is 18.8. The summed E-state index contributed by atoms with van der Waals surface area (Å²) in [5.41, 5.74) is 1.38. The van der Waals surface area contributed by atoms with Gasteiger partial charge in [-0.15, -0.1) is 11.3 Å². The molecule has 6 heteroatoms. The highest BCUT2D eigenvalue weighted by Crippen LogP contribution is 2.45. The lowest BCUT2D eigenvalue weighted by Crippen LogP contribution is -2.57. The number of hydrogen-bond acceptors (Lipinski definition) is 3.